The molecule has 1 aromatic heterocycles. The second kappa shape index (κ2) is 3.25. The minimum absolute atomic E-state index is 0.357. The van der Waals surface area contributed by atoms with Gasteiger partial charge in [0.1, 0.15) is 0 Å². The molecule has 3 heteroatoms. The maximum Gasteiger partial charge on any atom is 0.0725 e. The predicted octanol–water partition coefficient (Wildman–Crippen LogP) is 1.79. The fourth-order valence-electron chi connectivity index (χ4n) is 1.09. The molecule has 68 valence electrons. The van der Waals surface area contributed by atoms with E-state index in [1.807, 2.05) is 17.9 Å². The molecular weight excluding hydrogens is 150 g/mol. The summed E-state index contributed by atoms with van der Waals surface area (Å²) in [6, 6.07) is 0. The van der Waals surface area contributed by atoms with Crippen LogP contribution in [0.15, 0.2) is 6.20 Å². The van der Waals surface area contributed by atoms with Crippen LogP contribution >= 0.6 is 0 Å². The summed E-state index contributed by atoms with van der Waals surface area (Å²) in [6.45, 7) is 6.74. The lowest BCUT2D eigenvalue weighted by Gasteiger charge is -2.21. The number of aromatic nitrogens is 3. The first-order valence-electron chi connectivity index (χ1n) is 4.39. The van der Waals surface area contributed by atoms with Crippen LogP contribution in [0.4, 0.5) is 0 Å². The average molecular weight is 167 g/mol. The molecule has 0 unspecified atom stereocenters. The molecule has 0 bridgehead atoms. The third-order valence-corrected chi connectivity index (χ3v) is 2.42. The molecule has 1 heterocycles. The summed E-state index contributed by atoms with van der Waals surface area (Å²) in [7, 11) is 1.94. The van der Waals surface area contributed by atoms with Crippen LogP contribution in [0.25, 0.3) is 0 Å². The third-order valence-electron chi connectivity index (χ3n) is 2.42. The molecule has 0 amide bonds. The molecule has 0 radical (unpaired) electrons. The van der Waals surface area contributed by atoms with Gasteiger partial charge in [-0.15, -0.1) is 5.10 Å². The lowest BCUT2D eigenvalue weighted by molar-refractivity contribution is 0.340. The molecule has 0 spiro atoms. The maximum atomic E-state index is 3.90. The molecule has 3 nitrogen and oxygen atoms in total. The van der Waals surface area contributed by atoms with Crippen molar-refractivity contribution >= 4 is 0 Å². The molecule has 1 aromatic rings. The van der Waals surface area contributed by atoms with E-state index in [1.165, 1.54) is 12.1 Å². The van der Waals surface area contributed by atoms with Crippen molar-refractivity contribution in [2.45, 2.75) is 33.6 Å². The Morgan fingerprint density at radius 2 is 2.17 bits per heavy atom. The van der Waals surface area contributed by atoms with Crippen LogP contribution < -0.4 is 0 Å². The number of rotatable bonds is 3. The van der Waals surface area contributed by atoms with Crippen LogP contribution in [-0.2, 0) is 13.5 Å². The molecular formula is C9H17N3. The van der Waals surface area contributed by atoms with E-state index in [4.69, 9.17) is 0 Å². The average Bonchev–Trinajstić information content (AvgIpc) is 2.36. The van der Waals surface area contributed by atoms with E-state index in [-0.39, 0.29) is 0 Å². The Balaban J connectivity index is 2.70. The Bertz CT molecular complexity index is 250. The second-order valence-electron chi connectivity index (χ2n) is 4.04. The van der Waals surface area contributed by atoms with Crippen LogP contribution in [0.3, 0.4) is 0 Å². The van der Waals surface area contributed by atoms with E-state index in [0.717, 1.165) is 6.42 Å². The van der Waals surface area contributed by atoms with Crippen molar-refractivity contribution in [2.24, 2.45) is 12.5 Å². The molecule has 0 N–H and O–H groups in total. The largest absolute Gasteiger partial charge is 0.252 e. The van der Waals surface area contributed by atoms with Crippen molar-refractivity contribution < 1.29 is 0 Å². The van der Waals surface area contributed by atoms with Gasteiger partial charge in [0.25, 0.3) is 0 Å². The molecule has 0 aliphatic rings. The highest BCUT2D eigenvalue weighted by Gasteiger charge is 2.17. The highest BCUT2D eigenvalue weighted by Crippen LogP contribution is 2.24. The standard InChI is InChI=1S/C9H17N3/c1-5-9(2,3)6-8-7-10-11-12(8)4/h7H,5-6H2,1-4H3. The molecule has 0 saturated carbocycles. The summed E-state index contributed by atoms with van der Waals surface area (Å²) in [4.78, 5) is 0. The lowest BCUT2D eigenvalue weighted by Crippen LogP contribution is -2.15. The highest BCUT2D eigenvalue weighted by molar-refractivity contribution is 4.97. The number of aryl methyl sites for hydroxylation is 1. The first-order valence-corrected chi connectivity index (χ1v) is 4.39. The van der Waals surface area contributed by atoms with E-state index in [2.05, 4.69) is 31.1 Å². The van der Waals surface area contributed by atoms with Gasteiger partial charge >= 0.3 is 0 Å². The van der Waals surface area contributed by atoms with Crippen molar-refractivity contribution in [1.29, 1.82) is 0 Å². The molecule has 0 saturated heterocycles. The van der Waals surface area contributed by atoms with Gasteiger partial charge in [-0.3, -0.25) is 4.68 Å². The Labute approximate surface area is 73.8 Å². The normalized spacial score (nSPS) is 12.0. The molecule has 12 heavy (non-hydrogen) atoms. The lowest BCUT2D eigenvalue weighted by atomic mass is 9.85. The van der Waals surface area contributed by atoms with Crippen molar-refractivity contribution in [2.75, 3.05) is 0 Å². The van der Waals surface area contributed by atoms with Crippen molar-refractivity contribution in [1.82, 2.24) is 15.0 Å². The second-order valence-corrected chi connectivity index (χ2v) is 4.04. The van der Waals surface area contributed by atoms with Gasteiger partial charge in [0.05, 0.1) is 11.9 Å². The van der Waals surface area contributed by atoms with Gasteiger partial charge in [0, 0.05) is 7.05 Å². The topological polar surface area (TPSA) is 30.7 Å². The van der Waals surface area contributed by atoms with E-state index in [0.29, 0.717) is 5.41 Å². The van der Waals surface area contributed by atoms with Gasteiger partial charge in [-0.2, -0.15) is 0 Å². The molecule has 0 fully saturated rings. The molecule has 0 aliphatic carbocycles. The minimum atomic E-state index is 0.357. The van der Waals surface area contributed by atoms with Crippen molar-refractivity contribution in [3.63, 3.8) is 0 Å². The summed E-state index contributed by atoms with van der Waals surface area (Å²) >= 11 is 0. The number of hydrogen-bond donors (Lipinski definition) is 0. The van der Waals surface area contributed by atoms with Gasteiger partial charge in [-0.25, -0.2) is 0 Å². The van der Waals surface area contributed by atoms with Gasteiger partial charge in [0.15, 0.2) is 0 Å². The first-order chi connectivity index (χ1) is 5.55. The Morgan fingerprint density at radius 3 is 2.58 bits per heavy atom. The minimum Gasteiger partial charge on any atom is -0.252 e. The van der Waals surface area contributed by atoms with Gasteiger partial charge in [-0.1, -0.05) is 32.4 Å². The van der Waals surface area contributed by atoms with Crippen LogP contribution in [-0.4, -0.2) is 15.0 Å². The molecule has 1 rings (SSSR count). The quantitative estimate of drug-likeness (QED) is 0.687. The number of hydrogen-bond acceptors (Lipinski definition) is 2. The maximum absolute atomic E-state index is 3.90. The van der Waals surface area contributed by atoms with Crippen LogP contribution in [0.1, 0.15) is 32.9 Å². The summed E-state index contributed by atoms with van der Waals surface area (Å²) < 4.78 is 1.84. The summed E-state index contributed by atoms with van der Waals surface area (Å²) in [5.74, 6) is 0. The van der Waals surface area contributed by atoms with Crippen molar-refractivity contribution in [3.05, 3.63) is 11.9 Å². The summed E-state index contributed by atoms with van der Waals surface area (Å²) in [6.07, 6.45) is 4.07. The predicted molar refractivity (Wildman–Crippen MR) is 48.8 cm³/mol. The molecule has 0 aliphatic heterocycles. The number of nitrogens with zero attached hydrogens (tertiary/aromatic N) is 3. The molecule has 0 aromatic carbocycles. The zero-order valence-corrected chi connectivity index (χ0v) is 8.33. The Morgan fingerprint density at radius 1 is 1.50 bits per heavy atom. The summed E-state index contributed by atoms with van der Waals surface area (Å²) in [5.41, 5.74) is 1.57. The van der Waals surface area contributed by atoms with Gasteiger partial charge in [-0.05, 0) is 11.8 Å². The van der Waals surface area contributed by atoms with Crippen LogP contribution in [0.2, 0.25) is 0 Å². The van der Waals surface area contributed by atoms with Crippen molar-refractivity contribution in [3.8, 4) is 0 Å². The highest BCUT2D eigenvalue weighted by atomic mass is 15.4. The SMILES string of the molecule is CCC(C)(C)Cc1cnnn1C. The first kappa shape index (κ1) is 9.23. The smallest absolute Gasteiger partial charge is 0.0725 e. The fourth-order valence-corrected chi connectivity index (χ4v) is 1.09. The fraction of sp³-hybridized carbons (Fsp3) is 0.778. The van der Waals surface area contributed by atoms with E-state index in [1.54, 1.807) is 0 Å². The zero-order chi connectivity index (χ0) is 9.19. The van der Waals surface area contributed by atoms with Gasteiger partial charge < -0.3 is 0 Å². The third kappa shape index (κ3) is 2.06. The Kier molecular flexibility index (Phi) is 2.50. The van der Waals surface area contributed by atoms with E-state index >= 15 is 0 Å². The Hall–Kier alpha value is -0.860. The van der Waals surface area contributed by atoms with Crippen LogP contribution in [0.5, 0.6) is 0 Å². The molecule has 0 atom stereocenters. The van der Waals surface area contributed by atoms with E-state index in [9.17, 15) is 0 Å². The zero-order valence-electron chi connectivity index (χ0n) is 8.33. The monoisotopic (exact) mass is 167 g/mol. The van der Waals surface area contributed by atoms with Crippen LogP contribution in [0, 0.1) is 5.41 Å². The van der Waals surface area contributed by atoms with E-state index < -0.39 is 0 Å². The van der Waals surface area contributed by atoms with Gasteiger partial charge in [0.2, 0.25) is 0 Å². The summed E-state index contributed by atoms with van der Waals surface area (Å²) in [5, 5.41) is 7.75.